The van der Waals surface area contributed by atoms with Crippen LogP contribution in [0.25, 0.3) is 0 Å². The molecule has 2 aromatic carbocycles. The molecule has 0 fully saturated rings. The highest BCUT2D eigenvalue weighted by atomic mass is 32.2. The van der Waals surface area contributed by atoms with E-state index in [2.05, 4.69) is 41.4 Å². The fourth-order valence-corrected chi connectivity index (χ4v) is 5.38. The monoisotopic (exact) mass is 488 g/mol. The van der Waals surface area contributed by atoms with E-state index in [1.807, 2.05) is 61.4 Å². The third-order valence-electron chi connectivity index (χ3n) is 6.35. The van der Waals surface area contributed by atoms with Gasteiger partial charge in [0.05, 0.1) is 23.7 Å². The molecule has 0 bridgehead atoms. The number of amides is 2. The van der Waals surface area contributed by atoms with E-state index in [0.717, 1.165) is 33.3 Å². The first kappa shape index (κ1) is 24.8. The van der Waals surface area contributed by atoms with E-state index in [-0.39, 0.29) is 24.3 Å². The van der Waals surface area contributed by atoms with Crippen molar-refractivity contribution in [3.8, 4) is 0 Å². The van der Waals surface area contributed by atoms with Crippen molar-refractivity contribution in [1.82, 2.24) is 15.1 Å². The lowest BCUT2D eigenvalue weighted by molar-refractivity contribution is -0.127. The highest BCUT2D eigenvalue weighted by molar-refractivity contribution is 8.16. The van der Waals surface area contributed by atoms with Crippen molar-refractivity contribution in [2.45, 2.75) is 46.7 Å². The Kier molecular flexibility index (Phi) is 7.76. The first-order valence-corrected chi connectivity index (χ1v) is 12.9. The van der Waals surface area contributed by atoms with Gasteiger partial charge in [-0.05, 0) is 44.2 Å². The number of hydrogen-bond acceptors (Lipinski definition) is 5. The second-order valence-corrected chi connectivity index (χ2v) is 9.56. The predicted octanol–water partition coefficient (Wildman–Crippen LogP) is 5.14. The van der Waals surface area contributed by atoms with Crippen molar-refractivity contribution in [1.29, 1.82) is 0 Å². The Bertz CT molecular complexity index is 1180. The zero-order valence-electron chi connectivity index (χ0n) is 20.7. The molecule has 0 saturated carbocycles. The number of amidine groups is 1. The van der Waals surface area contributed by atoms with E-state index in [1.54, 1.807) is 0 Å². The minimum atomic E-state index is -0.334. The van der Waals surface area contributed by atoms with Gasteiger partial charge < -0.3 is 15.1 Å². The van der Waals surface area contributed by atoms with Crippen LogP contribution < -0.4 is 5.32 Å². The van der Waals surface area contributed by atoms with Crippen molar-refractivity contribution < 1.29 is 9.59 Å². The summed E-state index contributed by atoms with van der Waals surface area (Å²) < 4.78 is 0. The predicted molar refractivity (Wildman–Crippen MR) is 142 cm³/mol. The maximum absolute atomic E-state index is 13.7. The molecule has 2 amide bonds. The van der Waals surface area contributed by atoms with Crippen LogP contribution >= 0.6 is 11.8 Å². The number of nitrogens with zero attached hydrogens (tertiary/aromatic N) is 3. The second kappa shape index (κ2) is 11.0. The molecule has 0 aromatic heterocycles. The molecule has 2 aliphatic heterocycles. The van der Waals surface area contributed by atoms with Crippen LogP contribution in [0.3, 0.4) is 0 Å². The van der Waals surface area contributed by atoms with Gasteiger partial charge in [0, 0.05) is 25.3 Å². The van der Waals surface area contributed by atoms with Gasteiger partial charge in [-0.25, -0.2) is 4.99 Å². The molecule has 0 saturated heterocycles. The summed E-state index contributed by atoms with van der Waals surface area (Å²) >= 11 is 1.50. The normalized spacial score (nSPS) is 17.0. The number of rotatable bonds is 8. The number of carbonyl (C=O) groups is 2. The van der Waals surface area contributed by atoms with E-state index in [4.69, 9.17) is 4.99 Å². The zero-order chi connectivity index (χ0) is 24.9. The third kappa shape index (κ3) is 5.35. The summed E-state index contributed by atoms with van der Waals surface area (Å²) in [4.78, 5) is 35.3. The topological polar surface area (TPSA) is 65.0 Å². The van der Waals surface area contributed by atoms with Crippen LogP contribution in [-0.4, -0.2) is 39.9 Å². The van der Waals surface area contributed by atoms with E-state index in [1.165, 1.54) is 11.8 Å². The Morgan fingerprint density at radius 3 is 2.37 bits per heavy atom. The van der Waals surface area contributed by atoms with E-state index in [9.17, 15) is 9.59 Å². The maximum atomic E-state index is 13.7. The average Bonchev–Trinajstić information content (AvgIpc) is 3.25. The van der Waals surface area contributed by atoms with Crippen LogP contribution in [0.2, 0.25) is 0 Å². The maximum Gasteiger partial charge on any atom is 0.254 e. The van der Waals surface area contributed by atoms with Gasteiger partial charge in [0.15, 0.2) is 5.17 Å². The summed E-state index contributed by atoms with van der Waals surface area (Å²) in [5, 5.41) is 5.81. The lowest BCUT2D eigenvalue weighted by Crippen LogP contribution is -2.42. The van der Waals surface area contributed by atoms with Crippen LogP contribution in [0.4, 0.5) is 0 Å². The van der Waals surface area contributed by atoms with Gasteiger partial charge in [0.2, 0.25) is 5.91 Å². The number of benzene rings is 2. The summed E-state index contributed by atoms with van der Waals surface area (Å²) in [6.07, 6.45) is 0.215. The average molecular weight is 489 g/mol. The van der Waals surface area contributed by atoms with E-state index in [0.29, 0.717) is 25.2 Å². The van der Waals surface area contributed by atoms with Gasteiger partial charge in [-0.15, -0.1) is 0 Å². The number of likely N-dealkylation sites (N-methyl/N-ethyl adjacent to an activating group) is 1. The second-order valence-electron chi connectivity index (χ2n) is 8.72. The minimum Gasteiger partial charge on any atom is -0.352 e. The van der Waals surface area contributed by atoms with Gasteiger partial charge in [-0.3, -0.25) is 9.59 Å². The molecular formula is C28H32N4O2S. The molecule has 7 heteroatoms. The quantitative estimate of drug-likeness (QED) is 0.559. The van der Waals surface area contributed by atoms with Gasteiger partial charge in [0.1, 0.15) is 0 Å². The number of carbonyl (C=O) groups excluding carboxylic acids is 2. The summed E-state index contributed by atoms with van der Waals surface area (Å²) in [5.74, 6) is -0.0712. The molecule has 2 heterocycles. The highest BCUT2D eigenvalue weighted by Gasteiger charge is 2.41. The SMILES string of the molecule is CCN(CC)C(=O)C1=C(C)N=C2SC=C(CC(=O)NCc3ccccc3)N2C1c1ccc(C)cc1. The first-order chi connectivity index (χ1) is 16.9. The number of fused-ring (bicyclic) bond motifs is 1. The fourth-order valence-electron chi connectivity index (χ4n) is 4.41. The number of aryl methyl sites for hydroxylation is 1. The molecule has 0 aliphatic carbocycles. The molecule has 2 aliphatic rings. The van der Waals surface area contributed by atoms with Crippen molar-refractivity contribution in [3.05, 3.63) is 93.7 Å². The van der Waals surface area contributed by atoms with Crippen LogP contribution in [0.15, 0.2) is 82.0 Å². The molecule has 6 nitrogen and oxygen atoms in total. The van der Waals surface area contributed by atoms with Gasteiger partial charge in [-0.1, -0.05) is 71.9 Å². The first-order valence-electron chi connectivity index (χ1n) is 12.0. The van der Waals surface area contributed by atoms with Crippen LogP contribution in [0.5, 0.6) is 0 Å². The largest absolute Gasteiger partial charge is 0.352 e. The van der Waals surface area contributed by atoms with Crippen LogP contribution in [0, 0.1) is 6.92 Å². The third-order valence-corrected chi connectivity index (χ3v) is 7.24. The van der Waals surface area contributed by atoms with Crippen LogP contribution in [-0.2, 0) is 16.1 Å². The van der Waals surface area contributed by atoms with Gasteiger partial charge in [0.25, 0.3) is 5.91 Å². The minimum absolute atomic E-state index is 0.00865. The molecule has 2 aromatic rings. The molecule has 35 heavy (non-hydrogen) atoms. The standard InChI is InChI=1S/C28H32N4O2S/c1-5-31(6-2)27(34)25-20(4)30-28-32(26(25)22-14-12-19(3)13-15-22)23(18-35-28)16-24(33)29-17-21-10-8-7-9-11-21/h7-15,18,26H,5-6,16-17H2,1-4H3,(H,29,33). The molecule has 182 valence electrons. The smallest absolute Gasteiger partial charge is 0.254 e. The van der Waals surface area contributed by atoms with Gasteiger partial charge >= 0.3 is 0 Å². The summed E-state index contributed by atoms with van der Waals surface area (Å²) in [6.45, 7) is 9.67. The van der Waals surface area contributed by atoms with E-state index >= 15 is 0 Å². The summed E-state index contributed by atoms with van der Waals surface area (Å²) in [7, 11) is 0. The van der Waals surface area contributed by atoms with Gasteiger partial charge in [-0.2, -0.15) is 0 Å². The lowest BCUT2D eigenvalue weighted by atomic mass is 9.92. The number of hydrogen-bond donors (Lipinski definition) is 1. The van der Waals surface area contributed by atoms with Crippen molar-refractivity contribution in [3.63, 3.8) is 0 Å². The molecule has 1 unspecified atom stereocenters. The lowest BCUT2D eigenvalue weighted by Gasteiger charge is -2.38. The fraction of sp³-hybridized carbons (Fsp3) is 0.321. The number of aliphatic imine (C=N–C) groups is 1. The Morgan fingerprint density at radius 2 is 1.71 bits per heavy atom. The Morgan fingerprint density at radius 1 is 1.03 bits per heavy atom. The Labute approximate surface area is 211 Å². The molecule has 4 rings (SSSR count). The Balaban J connectivity index is 1.64. The highest BCUT2D eigenvalue weighted by Crippen LogP contribution is 2.45. The molecule has 1 atom stereocenters. The molecule has 0 radical (unpaired) electrons. The van der Waals surface area contributed by atoms with E-state index < -0.39 is 0 Å². The van der Waals surface area contributed by atoms with Crippen molar-refractivity contribution in [2.75, 3.05) is 13.1 Å². The number of thioether (sulfide) groups is 1. The summed E-state index contributed by atoms with van der Waals surface area (Å²) in [5.41, 5.74) is 5.47. The number of nitrogens with one attached hydrogen (secondary N) is 1. The molecule has 1 N–H and O–H groups in total. The zero-order valence-corrected chi connectivity index (χ0v) is 21.6. The van der Waals surface area contributed by atoms with Crippen molar-refractivity contribution in [2.24, 2.45) is 4.99 Å². The Hall–Kier alpha value is -3.32. The summed E-state index contributed by atoms with van der Waals surface area (Å²) in [6, 6.07) is 17.8. The number of allylic oxidation sites excluding steroid dienone is 1. The van der Waals surface area contributed by atoms with Crippen LogP contribution in [0.1, 0.15) is 49.9 Å². The van der Waals surface area contributed by atoms with Crippen molar-refractivity contribution >= 4 is 28.7 Å². The molecule has 0 spiro atoms. The molecular weight excluding hydrogens is 456 g/mol.